The van der Waals surface area contributed by atoms with Crippen LogP contribution in [0.15, 0.2) is 46.0 Å². The number of carbonyl (C=O) groups excluding carboxylic acids is 1. The molecule has 3 aromatic rings. The third kappa shape index (κ3) is 3.33. The van der Waals surface area contributed by atoms with Gasteiger partial charge in [-0.3, -0.25) is 14.2 Å². The monoisotopic (exact) mass is 429 g/mol. The van der Waals surface area contributed by atoms with Gasteiger partial charge >= 0.3 is 5.69 Å². The number of halogens is 2. The van der Waals surface area contributed by atoms with E-state index in [1.54, 1.807) is 30.0 Å². The van der Waals surface area contributed by atoms with Crippen LogP contribution in [0, 0.1) is 12.7 Å². The second kappa shape index (κ2) is 7.72. The molecule has 1 aromatic heterocycles. The van der Waals surface area contributed by atoms with E-state index < -0.39 is 23.1 Å². The third-order valence-corrected chi connectivity index (χ3v) is 5.86. The number of fused-ring (bicyclic) bond motifs is 1. The van der Waals surface area contributed by atoms with E-state index in [2.05, 4.69) is 0 Å². The highest BCUT2D eigenvalue weighted by Crippen LogP contribution is 2.21. The summed E-state index contributed by atoms with van der Waals surface area (Å²) in [5.41, 5.74) is 0.166. The molecule has 156 valence electrons. The smallest absolute Gasteiger partial charge is 0.336 e. The Morgan fingerprint density at radius 1 is 1.10 bits per heavy atom. The lowest BCUT2D eigenvalue weighted by molar-refractivity contribution is -0.133. The van der Waals surface area contributed by atoms with Crippen LogP contribution in [0.4, 0.5) is 4.39 Å². The highest BCUT2D eigenvalue weighted by molar-refractivity contribution is 6.30. The number of rotatable bonds is 3. The molecule has 0 saturated carbocycles. The molecule has 1 amide bonds. The summed E-state index contributed by atoms with van der Waals surface area (Å²) in [5, 5.41) is 0.104. The molecule has 0 aliphatic carbocycles. The summed E-state index contributed by atoms with van der Waals surface area (Å²) in [6.45, 7) is 4.81. The lowest BCUT2D eigenvalue weighted by atomic mass is 10.1. The Morgan fingerprint density at radius 2 is 1.80 bits per heavy atom. The minimum absolute atomic E-state index is 0.148. The molecule has 1 atom stereocenters. The van der Waals surface area contributed by atoms with E-state index in [0.717, 1.165) is 29.0 Å². The van der Waals surface area contributed by atoms with Crippen LogP contribution in [0.3, 0.4) is 0 Å². The van der Waals surface area contributed by atoms with Gasteiger partial charge in [0.05, 0.1) is 21.6 Å². The van der Waals surface area contributed by atoms with E-state index >= 15 is 0 Å². The third-order valence-electron chi connectivity index (χ3n) is 5.57. The number of aromatic nitrogens is 2. The maximum absolute atomic E-state index is 13.7. The Hall–Kier alpha value is -2.93. The van der Waals surface area contributed by atoms with E-state index in [0.29, 0.717) is 24.0 Å². The fraction of sp³-hybridized carbons (Fsp3) is 0.318. The van der Waals surface area contributed by atoms with Gasteiger partial charge in [-0.05, 0) is 57.0 Å². The second-order valence-electron chi connectivity index (χ2n) is 7.62. The van der Waals surface area contributed by atoms with Crippen LogP contribution < -0.4 is 11.2 Å². The lowest BCUT2D eigenvalue weighted by Crippen LogP contribution is -2.44. The van der Waals surface area contributed by atoms with E-state index in [1.807, 2.05) is 6.92 Å². The molecular weight excluding hydrogens is 409 g/mol. The highest BCUT2D eigenvalue weighted by atomic mass is 35.5. The van der Waals surface area contributed by atoms with Crippen molar-refractivity contribution in [2.75, 3.05) is 13.1 Å². The summed E-state index contributed by atoms with van der Waals surface area (Å²) in [5.74, 6) is -0.818. The Morgan fingerprint density at radius 3 is 2.47 bits per heavy atom. The molecule has 2 aromatic carbocycles. The zero-order valence-electron chi connectivity index (χ0n) is 16.7. The molecule has 1 fully saturated rings. The molecule has 0 bridgehead atoms. The van der Waals surface area contributed by atoms with Crippen LogP contribution in [0.1, 0.15) is 31.4 Å². The van der Waals surface area contributed by atoms with Gasteiger partial charge in [-0.2, -0.15) is 0 Å². The first-order chi connectivity index (χ1) is 14.3. The summed E-state index contributed by atoms with van der Waals surface area (Å²) < 4.78 is 15.9. The van der Waals surface area contributed by atoms with Crippen LogP contribution in [-0.2, 0) is 4.79 Å². The van der Waals surface area contributed by atoms with Gasteiger partial charge in [0.2, 0.25) is 5.91 Å². The predicted octanol–water partition coefficient (Wildman–Crippen LogP) is 3.44. The van der Waals surface area contributed by atoms with Gasteiger partial charge in [-0.25, -0.2) is 13.8 Å². The van der Waals surface area contributed by atoms with Gasteiger partial charge in [0.15, 0.2) is 0 Å². The molecule has 2 heterocycles. The summed E-state index contributed by atoms with van der Waals surface area (Å²) in [6.07, 6.45) is 1.86. The number of benzene rings is 2. The predicted molar refractivity (Wildman–Crippen MR) is 114 cm³/mol. The lowest BCUT2D eigenvalue weighted by Gasteiger charge is -2.24. The van der Waals surface area contributed by atoms with Crippen molar-refractivity contribution in [1.29, 1.82) is 0 Å². The van der Waals surface area contributed by atoms with Gasteiger partial charge in [-0.1, -0.05) is 23.2 Å². The minimum Gasteiger partial charge on any atom is -0.341 e. The first-order valence-electron chi connectivity index (χ1n) is 9.81. The van der Waals surface area contributed by atoms with Gasteiger partial charge in [-0.15, -0.1) is 0 Å². The standard InChI is InChI=1S/C22H21ClFN3O3/c1-13-5-8-19-16(11-13)21(29)27(15-6-7-18(24)17(23)12-15)22(30)26(19)14(2)20(28)25-9-3-4-10-25/h5-8,11-12,14H,3-4,9-10H2,1-2H3/t14-/m0/s1. The fourth-order valence-corrected chi connectivity index (χ4v) is 4.16. The molecule has 4 rings (SSSR count). The number of aryl methyl sites for hydroxylation is 1. The van der Waals surface area contributed by atoms with Crippen LogP contribution in [-0.4, -0.2) is 33.0 Å². The molecule has 1 saturated heterocycles. The molecule has 0 spiro atoms. The van der Waals surface area contributed by atoms with Gasteiger partial charge in [0, 0.05) is 13.1 Å². The average molecular weight is 430 g/mol. The maximum Gasteiger partial charge on any atom is 0.336 e. The van der Waals surface area contributed by atoms with Crippen molar-refractivity contribution in [2.24, 2.45) is 0 Å². The summed E-state index contributed by atoms with van der Waals surface area (Å²) in [4.78, 5) is 41.5. The second-order valence-corrected chi connectivity index (χ2v) is 8.03. The summed E-state index contributed by atoms with van der Waals surface area (Å²) >= 11 is 5.89. The number of hydrogen-bond acceptors (Lipinski definition) is 3. The van der Waals surface area contributed by atoms with Gasteiger partial charge in [0.1, 0.15) is 11.9 Å². The molecule has 6 nitrogen and oxygen atoms in total. The molecule has 0 unspecified atom stereocenters. The van der Waals surface area contributed by atoms with Crippen molar-refractivity contribution >= 4 is 28.4 Å². The van der Waals surface area contributed by atoms with Crippen molar-refractivity contribution in [3.8, 4) is 5.69 Å². The maximum atomic E-state index is 13.7. The zero-order chi connectivity index (χ0) is 21.6. The van der Waals surface area contributed by atoms with E-state index in [4.69, 9.17) is 11.6 Å². The van der Waals surface area contributed by atoms with Crippen LogP contribution in [0.2, 0.25) is 5.02 Å². The normalized spacial score (nSPS) is 15.0. The molecular formula is C22H21ClFN3O3. The summed E-state index contributed by atoms with van der Waals surface area (Å²) in [6, 6.07) is 8.02. The quantitative estimate of drug-likeness (QED) is 0.640. The molecule has 8 heteroatoms. The van der Waals surface area contributed by atoms with Crippen molar-refractivity contribution in [3.05, 3.63) is 73.6 Å². The molecule has 0 N–H and O–H groups in total. The Kier molecular flexibility index (Phi) is 5.24. The Balaban J connectivity index is 2.01. The van der Waals surface area contributed by atoms with Crippen LogP contribution >= 0.6 is 11.6 Å². The molecule has 1 aliphatic rings. The molecule has 0 radical (unpaired) electrons. The van der Waals surface area contributed by atoms with Crippen molar-refractivity contribution < 1.29 is 9.18 Å². The fourth-order valence-electron chi connectivity index (χ4n) is 3.99. The number of hydrogen-bond donors (Lipinski definition) is 0. The number of carbonyl (C=O) groups is 1. The van der Waals surface area contributed by atoms with E-state index in [-0.39, 0.29) is 16.6 Å². The van der Waals surface area contributed by atoms with E-state index in [1.165, 1.54) is 16.7 Å². The SMILES string of the molecule is Cc1ccc2c(c1)c(=O)n(-c1ccc(F)c(Cl)c1)c(=O)n2[C@@H](C)C(=O)N1CCCC1. The van der Waals surface area contributed by atoms with Crippen molar-refractivity contribution in [2.45, 2.75) is 32.7 Å². The summed E-state index contributed by atoms with van der Waals surface area (Å²) in [7, 11) is 0. The Labute approximate surface area is 177 Å². The van der Waals surface area contributed by atoms with Gasteiger partial charge in [0.25, 0.3) is 5.56 Å². The molecule has 30 heavy (non-hydrogen) atoms. The average Bonchev–Trinajstić information content (AvgIpc) is 3.25. The zero-order valence-corrected chi connectivity index (χ0v) is 17.4. The van der Waals surface area contributed by atoms with E-state index in [9.17, 15) is 18.8 Å². The first-order valence-corrected chi connectivity index (χ1v) is 10.2. The first kappa shape index (κ1) is 20.3. The number of nitrogens with zero attached hydrogens (tertiary/aromatic N) is 3. The largest absolute Gasteiger partial charge is 0.341 e. The number of likely N-dealkylation sites (tertiary alicyclic amines) is 1. The van der Waals surface area contributed by atoms with Crippen molar-refractivity contribution in [3.63, 3.8) is 0 Å². The number of amides is 1. The van der Waals surface area contributed by atoms with Gasteiger partial charge < -0.3 is 4.90 Å². The van der Waals surface area contributed by atoms with Crippen molar-refractivity contribution in [1.82, 2.24) is 14.0 Å². The van der Waals surface area contributed by atoms with Crippen LogP contribution in [0.5, 0.6) is 0 Å². The molecule has 1 aliphatic heterocycles. The topological polar surface area (TPSA) is 64.3 Å². The minimum atomic E-state index is -0.802. The highest BCUT2D eigenvalue weighted by Gasteiger charge is 2.28. The van der Waals surface area contributed by atoms with Crippen LogP contribution in [0.25, 0.3) is 16.6 Å². The Bertz CT molecular complexity index is 1280.